The summed E-state index contributed by atoms with van der Waals surface area (Å²) in [5.74, 6) is -0.176. The summed E-state index contributed by atoms with van der Waals surface area (Å²) >= 11 is 0. The van der Waals surface area contributed by atoms with E-state index in [1.807, 2.05) is 62.4 Å². The standard InChI is InChI=1S/C28H26N2O4S/c1-18-12-15-25(34-3)22(16-18)28(17-23(28)20-8-5-4-6-9-20)27(31)30-35(32,33)26-11-7-10-24-21(26)14-13-19(2)29-24/h4-16,23H,17H2,1-3H3,(H,30,31). The Balaban J connectivity index is 1.59. The first-order chi connectivity index (χ1) is 16.8. The summed E-state index contributed by atoms with van der Waals surface area (Å²) in [6.07, 6.45) is 0.481. The number of fused-ring (bicyclic) bond motifs is 1. The third-order valence-electron chi connectivity index (χ3n) is 6.75. The maximum atomic E-state index is 13.9. The fraction of sp³-hybridized carbons (Fsp3) is 0.214. The molecule has 2 atom stereocenters. The molecule has 1 amide bonds. The van der Waals surface area contributed by atoms with Crippen molar-refractivity contribution in [2.45, 2.75) is 36.5 Å². The molecule has 0 saturated heterocycles. The molecule has 0 spiro atoms. The number of amides is 1. The van der Waals surface area contributed by atoms with Gasteiger partial charge in [-0.05, 0) is 56.2 Å². The van der Waals surface area contributed by atoms with Gasteiger partial charge in [-0.15, -0.1) is 0 Å². The molecule has 1 aliphatic carbocycles. The number of aryl methyl sites for hydroxylation is 2. The highest BCUT2D eigenvalue weighted by Gasteiger charge is 2.63. The summed E-state index contributed by atoms with van der Waals surface area (Å²) in [5, 5.41) is 0.469. The molecule has 6 nitrogen and oxygen atoms in total. The number of aromatic nitrogens is 1. The first-order valence-electron chi connectivity index (χ1n) is 11.4. The average Bonchev–Trinajstić information content (AvgIpc) is 3.61. The quantitative estimate of drug-likeness (QED) is 0.424. The molecule has 1 heterocycles. The van der Waals surface area contributed by atoms with Crippen LogP contribution < -0.4 is 9.46 Å². The van der Waals surface area contributed by atoms with Crippen LogP contribution in [-0.4, -0.2) is 26.4 Å². The molecule has 4 aromatic rings. The number of rotatable bonds is 6. The molecule has 1 fully saturated rings. The van der Waals surface area contributed by atoms with Gasteiger partial charge >= 0.3 is 0 Å². The maximum absolute atomic E-state index is 13.9. The van der Waals surface area contributed by atoms with Crippen molar-refractivity contribution in [3.8, 4) is 5.75 Å². The normalized spacial score (nSPS) is 19.3. The second-order valence-electron chi connectivity index (χ2n) is 9.05. The van der Waals surface area contributed by atoms with Crippen molar-refractivity contribution in [2.75, 3.05) is 7.11 Å². The van der Waals surface area contributed by atoms with Crippen LogP contribution in [0, 0.1) is 13.8 Å². The molecular weight excluding hydrogens is 460 g/mol. The molecule has 0 bridgehead atoms. The fourth-order valence-electron chi connectivity index (χ4n) is 4.92. The highest BCUT2D eigenvalue weighted by atomic mass is 32.2. The van der Waals surface area contributed by atoms with Gasteiger partial charge in [0.25, 0.3) is 10.0 Å². The molecule has 0 aliphatic heterocycles. The number of sulfonamides is 1. The minimum absolute atomic E-state index is 0.0270. The van der Waals surface area contributed by atoms with Crippen LogP contribution in [0.15, 0.2) is 83.8 Å². The van der Waals surface area contributed by atoms with Gasteiger partial charge in [0, 0.05) is 22.6 Å². The van der Waals surface area contributed by atoms with Crippen LogP contribution in [0.1, 0.15) is 34.7 Å². The number of nitrogens with zero attached hydrogens (tertiary/aromatic N) is 1. The molecule has 1 aliphatic rings. The van der Waals surface area contributed by atoms with E-state index >= 15 is 0 Å². The first-order valence-corrected chi connectivity index (χ1v) is 12.9. The van der Waals surface area contributed by atoms with E-state index in [1.165, 1.54) is 6.07 Å². The SMILES string of the molecule is COc1ccc(C)cc1C1(C(=O)NS(=O)(=O)c2cccc3nc(C)ccc23)CC1c1ccccc1. The zero-order valence-electron chi connectivity index (χ0n) is 19.8. The molecule has 35 heavy (non-hydrogen) atoms. The van der Waals surface area contributed by atoms with Crippen LogP contribution in [-0.2, 0) is 20.2 Å². The molecule has 178 valence electrons. The van der Waals surface area contributed by atoms with Crippen molar-refractivity contribution in [3.63, 3.8) is 0 Å². The Bertz CT molecular complexity index is 1550. The smallest absolute Gasteiger partial charge is 0.264 e. The molecular formula is C28H26N2O4S. The van der Waals surface area contributed by atoms with Crippen LogP contribution in [0.3, 0.4) is 0 Å². The Morgan fingerprint density at radius 2 is 1.77 bits per heavy atom. The Labute approximate surface area is 205 Å². The number of pyridine rings is 1. The lowest BCUT2D eigenvalue weighted by molar-refractivity contribution is -0.122. The van der Waals surface area contributed by atoms with Crippen molar-refractivity contribution in [1.82, 2.24) is 9.71 Å². The minimum atomic E-state index is -4.17. The van der Waals surface area contributed by atoms with Gasteiger partial charge in [-0.2, -0.15) is 0 Å². The third kappa shape index (κ3) is 3.96. The summed E-state index contributed by atoms with van der Waals surface area (Å²) in [6.45, 7) is 3.79. The number of nitrogens with one attached hydrogen (secondary N) is 1. The predicted octanol–water partition coefficient (Wildman–Crippen LogP) is 4.79. The summed E-state index contributed by atoms with van der Waals surface area (Å²) in [7, 11) is -2.61. The van der Waals surface area contributed by atoms with Crippen LogP contribution in [0.2, 0.25) is 0 Å². The molecule has 1 saturated carbocycles. The molecule has 1 aromatic heterocycles. The number of carbonyl (C=O) groups excluding carboxylic acids is 1. The Hall–Kier alpha value is -3.71. The largest absolute Gasteiger partial charge is 0.496 e. The van der Waals surface area contributed by atoms with Crippen molar-refractivity contribution >= 4 is 26.8 Å². The summed E-state index contributed by atoms with van der Waals surface area (Å²) in [4.78, 5) is 18.4. The topological polar surface area (TPSA) is 85.4 Å². The van der Waals surface area contributed by atoms with Gasteiger partial charge in [0.1, 0.15) is 5.75 Å². The Morgan fingerprint density at radius 3 is 2.51 bits per heavy atom. The fourth-order valence-corrected chi connectivity index (χ4v) is 6.18. The van der Waals surface area contributed by atoms with Crippen molar-refractivity contribution in [2.24, 2.45) is 0 Å². The van der Waals surface area contributed by atoms with Crippen molar-refractivity contribution in [3.05, 3.63) is 101 Å². The van der Waals surface area contributed by atoms with Gasteiger partial charge in [0.2, 0.25) is 5.91 Å². The second-order valence-corrected chi connectivity index (χ2v) is 10.7. The Morgan fingerprint density at radius 1 is 1.00 bits per heavy atom. The third-order valence-corrected chi connectivity index (χ3v) is 8.14. The molecule has 0 radical (unpaired) electrons. The number of carbonyl (C=O) groups is 1. The van der Waals surface area contributed by atoms with Crippen LogP contribution in [0.25, 0.3) is 10.9 Å². The predicted molar refractivity (Wildman–Crippen MR) is 135 cm³/mol. The molecule has 5 rings (SSSR count). The number of methoxy groups -OCH3 is 1. The van der Waals surface area contributed by atoms with E-state index in [1.54, 1.807) is 31.4 Å². The number of hydrogen-bond acceptors (Lipinski definition) is 5. The van der Waals surface area contributed by atoms with E-state index in [0.717, 1.165) is 16.8 Å². The van der Waals surface area contributed by atoms with E-state index in [0.29, 0.717) is 28.6 Å². The molecule has 3 aromatic carbocycles. The first kappa shape index (κ1) is 23.1. The monoisotopic (exact) mass is 486 g/mol. The number of hydrogen-bond donors (Lipinski definition) is 1. The van der Waals surface area contributed by atoms with Gasteiger partial charge in [-0.25, -0.2) is 13.1 Å². The van der Waals surface area contributed by atoms with Gasteiger partial charge < -0.3 is 4.74 Å². The lowest BCUT2D eigenvalue weighted by Crippen LogP contribution is -2.40. The van der Waals surface area contributed by atoms with E-state index in [9.17, 15) is 13.2 Å². The zero-order chi connectivity index (χ0) is 24.8. The molecule has 2 unspecified atom stereocenters. The van der Waals surface area contributed by atoms with Gasteiger partial charge in [-0.3, -0.25) is 9.78 Å². The number of ether oxygens (including phenoxy) is 1. The zero-order valence-corrected chi connectivity index (χ0v) is 20.6. The van der Waals surface area contributed by atoms with E-state index in [-0.39, 0.29) is 10.8 Å². The van der Waals surface area contributed by atoms with Gasteiger partial charge in [0.15, 0.2) is 0 Å². The molecule has 1 N–H and O–H groups in total. The lowest BCUT2D eigenvalue weighted by atomic mass is 9.88. The van der Waals surface area contributed by atoms with Gasteiger partial charge in [0.05, 0.1) is 22.9 Å². The highest BCUT2D eigenvalue weighted by Crippen LogP contribution is 2.62. The Kier molecular flexibility index (Phi) is 5.60. The second kappa shape index (κ2) is 8.50. The number of benzene rings is 3. The highest BCUT2D eigenvalue weighted by molar-refractivity contribution is 7.90. The summed E-state index contributed by atoms with van der Waals surface area (Å²) < 4.78 is 35.0. The molecule has 7 heteroatoms. The van der Waals surface area contributed by atoms with E-state index in [4.69, 9.17) is 4.74 Å². The van der Waals surface area contributed by atoms with E-state index < -0.39 is 21.3 Å². The summed E-state index contributed by atoms with van der Waals surface area (Å²) in [5.41, 5.74) is 2.91. The lowest BCUT2D eigenvalue weighted by Gasteiger charge is -2.21. The van der Waals surface area contributed by atoms with Crippen LogP contribution in [0.5, 0.6) is 5.75 Å². The van der Waals surface area contributed by atoms with Crippen LogP contribution in [0.4, 0.5) is 0 Å². The van der Waals surface area contributed by atoms with Crippen molar-refractivity contribution in [1.29, 1.82) is 0 Å². The summed E-state index contributed by atoms with van der Waals surface area (Å²) in [6, 6.07) is 23.7. The maximum Gasteiger partial charge on any atom is 0.264 e. The average molecular weight is 487 g/mol. The van der Waals surface area contributed by atoms with Crippen LogP contribution >= 0.6 is 0 Å². The van der Waals surface area contributed by atoms with Crippen molar-refractivity contribution < 1.29 is 17.9 Å². The van der Waals surface area contributed by atoms with Gasteiger partial charge in [-0.1, -0.05) is 54.1 Å². The van der Waals surface area contributed by atoms with E-state index in [2.05, 4.69) is 9.71 Å². The minimum Gasteiger partial charge on any atom is -0.496 e.